The number of benzene rings is 1. The predicted octanol–water partition coefficient (Wildman–Crippen LogP) is 2.34. The largest absolute Gasteiger partial charge is 0.505 e. The van der Waals surface area contributed by atoms with Gasteiger partial charge in [-0.2, -0.15) is 0 Å². The maximum absolute atomic E-state index is 13.0. The number of phenolic OH excluding ortho intramolecular Hbond substituents is 1. The van der Waals surface area contributed by atoms with E-state index < -0.39 is 15.8 Å². The van der Waals surface area contributed by atoms with E-state index in [1.807, 2.05) is 0 Å². The third kappa shape index (κ3) is 2.88. The van der Waals surface area contributed by atoms with Crippen molar-refractivity contribution in [1.29, 1.82) is 0 Å². The SMILES string of the molecule is Cc1cc(C)c(O)c(NS(=O)(=O)c2cncc(F)c2)c1. The molecule has 0 spiro atoms. The molecule has 7 heteroatoms. The van der Waals surface area contributed by atoms with Gasteiger partial charge >= 0.3 is 0 Å². The molecule has 1 heterocycles. The monoisotopic (exact) mass is 296 g/mol. The third-order valence-electron chi connectivity index (χ3n) is 2.68. The number of pyridine rings is 1. The fraction of sp³-hybridized carbons (Fsp3) is 0.154. The molecule has 20 heavy (non-hydrogen) atoms. The van der Waals surface area contributed by atoms with Crippen LogP contribution in [-0.4, -0.2) is 18.5 Å². The number of hydrogen-bond donors (Lipinski definition) is 2. The third-order valence-corrected chi connectivity index (χ3v) is 4.01. The number of aryl methyl sites for hydroxylation is 2. The summed E-state index contributed by atoms with van der Waals surface area (Å²) >= 11 is 0. The molecule has 0 aliphatic rings. The average Bonchev–Trinajstić information content (AvgIpc) is 2.35. The number of aromatic nitrogens is 1. The summed E-state index contributed by atoms with van der Waals surface area (Å²) in [5.74, 6) is -0.916. The molecule has 0 bridgehead atoms. The maximum Gasteiger partial charge on any atom is 0.263 e. The van der Waals surface area contributed by atoms with Crippen LogP contribution in [0.1, 0.15) is 11.1 Å². The number of hydrogen-bond acceptors (Lipinski definition) is 4. The number of phenols is 1. The van der Waals surface area contributed by atoms with E-state index in [2.05, 4.69) is 9.71 Å². The van der Waals surface area contributed by atoms with Crippen molar-refractivity contribution >= 4 is 15.7 Å². The topological polar surface area (TPSA) is 79.3 Å². The Labute approximate surface area is 116 Å². The van der Waals surface area contributed by atoms with Gasteiger partial charge in [0.05, 0.1) is 11.9 Å². The first kappa shape index (κ1) is 14.3. The minimum atomic E-state index is -4.00. The van der Waals surface area contributed by atoms with Gasteiger partial charge < -0.3 is 5.11 Å². The molecule has 2 N–H and O–H groups in total. The first-order valence-corrected chi connectivity index (χ1v) is 7.21. The summed E-state index contributed by atoms with van der Waals surface area (Å²) in [6.07, 6.45) is 1.94. The number of sulfonamides is 1. The molecule has 2 rings (SSSR count). The van der Waals surface area contributed by atoms with Crippen LogP contribution in [0.5, 0.6) is 5.75 Å². The van der Waals surface area contributed by atoms with E-state index in [1.54, 1.807) is 19.9 Å². The fourth-order valence-electron chi connectivity index (χ4n) is 1.78. The van der Waals surface area contributed by atoms with Gasteiger partial charge in [-0.05, 0) is 37.1 Å². The molecule has 1 aromatic heterocycles. The molecule has 5 nitrogen and oxygen atoms in total. The van der Waals surface area contributed by atoms with Crippen LogP contribution in [0.4, 0.5) is 10.1 Å². The van der Waals surface area contributed by atoms with Crippen molar-refractivity contribution in [2.75, 3.05) is 4.72 Å². The van der Waals surface area contributed by atoms with Gasteiger partial charge in [-0.1, -0.05) is 6.07 Å². The van der Waals surface area contributed by atoms with E-state index in [9.17, 15) is 17.9 Å². The summed E-state index contributed by atoms with van der Waals surface area (Å²) in [5.41, 5.74) is 1.38. The highest BCUT2D eigenvalue weighted by molar-refractivity contribution is 7.92. The fourth-order valence-corrected chi connectivity index (χ4v) is 2.81. The van der Waals surface area contributed by atoms with Crippen molar-refractivity contribution in [2.45, 2.75) is 18.7 Å². The lowest BCUT2D eigenvalue weighted by atomic mass is 10.1. The Morgan fingerprint density at radius 3 is 2.55 bits per heavy atom. The molecule has 2 aromatic rings. The van der Waals surface area contributed by atoms with Gasteiger partial charge in [0.1, 0.15) is 16.5 Å². The lowest BCUT2D eigenvalue weighted by molar-refractivity contribution is 0.473. The van der Waals surface area contributed by atoms with Crippen LogP contribution >= 0.6 is 0 Å². The van der Waals surface area contributed by atoms with Gasteiger partial charge in [-0.3, -0.25) is 9.71 Å². The van der Waals surface area contributed by atoms with E-state index in [0.717, 1.165) is 24.0 Å². The van der Waals surface area contributed by atoms with Gasteiger partial charge in [0, 0.05) is 6.20 Å². The first-order valence-electron chi connectivity index (χ1n) is 5.73. The number of halogens is 1. The standard InChI is InChI=1S/C13H13FN2O3S/c1-8-3-9(2)13(17)12(4-8)16-20(18,19)11-5-10(14)6-15-7-11/h3-7,16-17H,1-2H3. The maximum atomic E-state index is 13.0. The van der Waals surface area contributed by atoms with Crippen molar-refractivity contribution in [3.05, 3.63) is 47.5 Å². The Hall–Kier alpha value is -2.15. The van der Waals surface area contributed by atoms with Crippen LogP contribution in [0.2, 0.25) is 0 Å². The second kappa shape index (κ2) is 5.09. The van der Waals surface area contributed by atoms with E-state index in [-0.39, 0.29) is 16.3 Å². The zero-order chi connectivity index (χ0) is 14.9. The molecule has 0 aliphatic carbocycles. The molecule has 0 saturated carbocycles. The molecule has 0 unspecified atom stereocenters. The zero-order valence-corrected chi connectivity index (χ0v) is 11.7. The van der Waals surface area contributed by atoms with E-state index in [1.165, 1.54) is 6.07 Å². The summed E-state index contributed by atoms with van der Waals surface area (Å²) in [7, 11) is -4.00. The highest BCUT2D eigenvalue weighted by atomic mass is 32.2. The highest BCUT2D eigenvalue weighted by Crippen LogP contribution is 2.30. The summed E-state index contributed by atoms with van der Waals surface area (Å²) < 4.78 is 39.5. The summed E-state index contributed by atoms with van der Waals surface area (Å²) in [6.45, 7) is 3.43. The normalized spacial score (nSPS) is 11.3. The Morgan fingerprint density at radius 2 is 1.90 bits per heavy atom. The quantitative estimate of drug-likeness (QED) is 0.852. The molecule has 0 saturated heterocycles. The summed E-state index contributed by atoms with van der Waals surface area (Å²) in [5, 5.41) is 9.87. The molecular formula is C13H13FN2O3S. The number of nitrogens with zero attached hydrogens (tertiary/aromatic N) is 1. The molecule has 0 aliphatic heterocycles. The van der Waals surface area contributed by atoms with Gasteiger partial charge in [0.2, 0.25) is 0 Å². The lowest BCUT2D eigenvalue weighted by Gasteiger charge is -2.12. The Bertz CT molecular complexity index is 760. The molecular weight excluding hydrogens is 283 g/mol. The Balaban J connectivity index is 2.44. The predicted molar refractivity (Wildman–Crippen MR) is 72.6 cm³/mol. The van der Waals surface area contributed by atoms with Gasteiger partial charge in [0.25, 0.3) is 10.0 Å². The first-order chi connectivity index (χ1) is 9.29. The number of nitrogens with one attached hydrogen (secondary N) is 1. The number of rotatable bonds is 3. The molecule has 0 radical (unpaired) electrons. The molecule has 0 amide bonds. The van der Waals surface area contributed by atoms with Crippen LogP contribution in [0, 0.1) is 19.7 Å². The van der Waals surface area contributed by atoms with Crippen molar-refractivity contribution in [2.24, 2.45) is 0 Å². The second-order valence-corrected chi connectivity index (χ2v) is 6.10. The van der Waals surface area contributed by atoms with Gasteiger partial charge in [-0.25, -0.2) is 12.8 Å². The summed E-state index contributed by atoms with van der Waals surface area (Å²) in [4.78, 5) is 3.18. The Kier molecular flexibility index (Phi) is 3.63. The number of aromatic hydroxyl groups is 1. The van der Waals surface area contributed by atoms with E-state index in [0.29, 0.717) is 5.56 Å². The highest BCUT2D eigenvalue weighted by Gasteiger charge is 2.18. The van der Waals surface area contributed by atoms with Crippen LogP contribution in [-0.2, 0) is 10.0 Å². The lowest BCUT2D eigenvalue weighted by Crippen LogP contribution is -2.14. The van der Waals surface area contributed by atoms with Gasteiger partial charge in [-0.15, -0.1) is 0 Å². The minimum Gasteiger partial charge on any atom is -0.505 e. The Morgan fingerprint density at radius 1 is 1.20 bits per heavy atom. The van der Waals surface area contributed by atoms with Crippen LogP contribution in [0.15, 0.2) is 35.5 Å². The average molecular weight is 296 g/mol. The van der Waals surface area contributed by atoms with Crippen LogP contribution in [0.3, 0.4) is 0 Å². The van der Waals surface area contributed by atoms with Crippen LogP contribution in [0.25, 0.3) is 0 Å². The molecule has 0 atom stereocenters. The van der Waals surface area contributed by atoms with Crippen molar-refractivity contribution in [1.82, 2.24) is 4.98 Å². The van der Waals surface area contributed by atoms with E-state index >= 15 is 0 Å². The van der Waals surface area contributed by atoms with Crippen molar-refractivity contribution < 1.29 is 17.9 Å². The van der Waals surface area contributed by atoms with Crippen molar-refractivity contribution in [3.8, 4) is 5.75 Å². The van der Waals surface area contributed by atoms with Crippen LogP contribution < -0.4 is 4.72 Å². The number of anilines is 1. The molecule has 106 valence electrons. The second-order valence-electron chi connectivity index (χ2n) is 4.42. The van der Waals surface area contributed by atoms with Gasteiger partial charge in [0.15, 0.2) is 0 Å². The minimum absolute atomic E-state index is 0.0479. The summed E-state index contributed by atoms with van der Waals surface area (Å²) in [6, 6.07) is 4.07. The van der Waals surface area contributed by atoms with E-state index in [4.69, 9.17) is 0 Å². The molecule has 1 aromatic carbocycles. The zero-order valence-electron chi connectivity index (χ0n) is 10.9. The van der Waals surface area contributed by atoms with Crippen molar-refractivity contribution in [3.63, 3.8) is 0 Å². The molecule has 0 fully saturated rings. The smallest absolute Gasteiger partial charge is 0.263 e.